The maximum Gasteiger partial charge on any atom is 0.282 e. The van der Waals surface area contributed by atoms with Gasteiger partial charge in [-0.2, -0.15) is 17.0 Å². The van der Waals surface area contributed by atoms with Gasteiger partial charge in [0.1, 0.15) is 5.75 Å². The zero-order valence-corrected chi connectivity index (χ0v) is 15.2. The first-order chi connectivity index (χ1) is 10.8. The van der Waals surface area contributed by atoms with Crippen LogP contribution in [0.1, 0.15) is 32.4 Å². The fraction of sp³-hybridized carbons (Fsp3) is 0.625. The topological polar surface area (TPSA) is 59.1 Å². The van der Waals surface area contributed by atoms with Crippen molar-refractivity contribution in [2.75, 3.05) is 27.2 Å². The Labute approximate surface area is 139 Å². The largest absolute Gasteiger partial charge is 0.496 e. The van der Waals surface area contributed by atoms with Crippen molar-refractivity contribution in [2.24, 2.45) is 0 Å². The van der Waals surface area contributed by atoms with E-state index in [1.54, 1.807) is 14.2 Å². The molecule has 130 valence electrons. The lowest BCUT2D eigenvalue weighted by Gasteiger charge is -2.38. The molecule has 0 amide bonds. The van der Waals surface area contributed by atoms with Crippen LogP contribution in [0.5, 0.6) is 5.75 Å². The molecular formula is C16H26N2O4S. The van der Waals surface area contributed by atoms with Crippen LogP contribution in [0.4, 0.5) is 0 Å². The van der Waals surface area contributed by atoms with Crippen molar-refractivity contribution in [3.05, 3.63) is 29.8 Å². The van der Waals surface area contributed by atoms with Gasteiger partial charge in [0, 0.05) is 25.7 Å². The molecule has 0 aromatic heterocycles. The molecule has 1 aromatic rings. The lowest BCUT2D eigenvalue weighted by molar-refractivity contribution is -0.0455. The van der Waals surface area contributed by atoms with Crippen molar-refractivity contribution in [3.63, 3.8) is 0 Å². The molecule has 0 N–H and O–H groups in total. The Hall–Kier alpha value is -1.15. The van der Waals surface area contributed by atoms with E-state index in [4.69, 9.17) is 9.47 Å². The van der Waals surface area contributed by atoms with Gasteiger partial charge in [0.25, 0.3) is 10.2 Å². The average Bonchev–Trinajstić information content (AvgIpc) is 2.52. The van der Waals surface area contributed by atoms with Gasteiger partial charge in [-0.15, -0.1) is 0 Å². The van der Waals surface area contributed by atoms with Gasteiger partial charge in [-0.05, 0) is 26.8 Å². The summed E-state index contributed by atoms with van der Waals surface area (Å²) < 4.78 is 39.8. The average molecular weight is 342 g/mol. The number of hydrogen-bond donors (Lipinski definition) is 0. The first-order valence-electron chi connectivity index (χ1n) is 7.78. The van der Waals surface area contributed by atoms with E-state index in [0.717, 1.165) is 5.56 Å². The number of rotatable bonds is 5. The van der Waals surface area contributed by atoms with Crippen molar-refractivity contribution in [1.29, 1.82) is 0 Å². The van der Waals surface area contributed by atoms with Gasteiger partial charge in [0.05, 0.1) is 25.4 Å². The van der Waals surface area contributed by atoms with Crippen molar-refractivity contribution in [1.82, 2.24) is 8.61 Å². The van der Waals surface area contributed by atoms with Crippen LogP contribution in [0.25, 0.3) is 0 Å². The molecule has 6 nitrogen and oxygen atoms in total. The van der Waals surface area contributed by atoms with Crippen LogP contribution in [-0.4, -0.2) is 56.5 Å². The fourth-order valence-corrected chi connectivity index (χ4v) is 4.58. The van der Waals surface area contributed by atoms with E-state index in [1.165, 1.54) is 8.61 Å². The summed E-state index contributed by atoms with van der Waals surface area (Å²) in [5, 5.41) is 0. The van der Waals surface area contributed by atoms with Gasteiger partial charge in [0.15, 0.2) is 0 Å². The van der Waals surface area contributed by atoms with Gasteiger partial charge in [-0.3, -0.25) is 0 Å². The van der Waals surface area contributed by atoms with Crippen LogP contribution < -0.4 is 4.74 Å². The summed E-state index contributed by atoms with van der Waals surface area (Å²) in [5.74, 6) is 0.686. The summed E-state index contributed by atoms with van der Waals surface area (Å²) >= 11 is 0. The van der Waals surface area contributed by atoms with Crippen molar-refractivity contribution < 1.29 is 17.9 Å². The first kappa shape index (κ1) is 18.2. The molecule has 0 saturated carbocycles. The molecule has 1 fully saturated rings. The van der Waals surface area contributed by atoms with Crippen LogP contribution >= 0.6 is 0 Å². The summed E-state index contributed by atoms with van der Waals surface area (Å²) in [6.07, 6.45) is -0.216. The Kier molecular flexibility index (Phi) is 5.67. The summed E-state index contributed by atoms with van der Waals surface area (Å²) in [6, 6.07) is 7.15. The van der Waals surface area contributed by atoms with Crippen LogP contribution in [0.15, 0.2) is 24.3 Å². The zero-order chi connectivity index (χ0) is 17.2. The number of para-hydroxylation sites is 1. The second-order valence-electron chi connectivity index (χ2n) is 6.02. The van der Waals surface area contributed by atoms with Gasteiger partial charge < -0.3 is 9.47 Å². The summed E-state index contributed by atoms with van der Waals surface area (Å²) in [5.41, 5.74) is 0.843. The number of methoxy groups -OCH3 is 1. The molecular weight excluding hydrogens is 316 g/mol. The maximum atomic E-state index is 12.9. The van der Waals surface area contributed by atoms with E-state index >= 15 is 0 Å². The highest BCUT2D eigenvalue weighted by Crippen LogP contribution is 2.31. The molecule has 1 aliphatic heterocycles. The summed E-state index contributed by atoms with van der Waals surface area (Å²) in [6.45, 7) is 6.39. The molecule has 1 heterocycles. The Morgan fingerprint density at radius 1 is 1.26 bits per heavy atom. The monoisotopic (exact) mass is 342 g/mol. The fourth-order valence-electron chi connectivity index (χ4n) is 2.91. The minimum absolute atomic E-state index is 0.108. The molecule has 0 bridgehead atoms. The number of morpholine rings is 1. The number of nitrogens with zero attached hydrogens (tertiary/aromatic N) is 2. The Balaban J connectivity index is 2.25. The molecule has 3 atom stereocenters. The maximum absolute atomic E-state index is 12.9. The molecule has 2 rings (SSSR count). The number of ether oxygens (including phenoxy) is 2. The van der Waals surface area contributed by atoms with Crippen molar-refractivity contribution >= 4 is 10.2 Å². The highest BCUT2D eigenvalue weighted by molar-refractivity contribution is 7.86. The molecule has 0 radical (unpaired) electrons. The van der Waals surface area contributed by atoms with E-state index in [9.17, 15) is 8.42 Å². The second kappa shape index (κ2) is 7.17. The van der Waals surface area contributed by atoms with E-state index in [2.05, 4.69) is 0 Å². The van der Waals surface area contributed by atoms with Gasteiger partial charge >= 0.3 is 0 Å². The van der Waals surface area contributed by atoms with E-state index < -0.39 is 10.2 Å². The highest BCUT2D eigenvalue weighted by atomic mass is 32.2. The van der Waals surface area contributed by atoms with Gasteiger partial charge in [-0.25, -0.2) is 0 Å². The quantitative estimate of drug-likeness (QED) is 0.822. The van der Waals surface area contributed by atoms with Crippen molar-refractivity contribution in [2.45, 2.75) is 39.0 Å². The van der Waals surface area contributed by atoms with Gasteiger partial charge in [0.2, 0.25) is 0 Å². The van der Waals surface area contributed by atoms with Gasteiger partial charge in [-0.1, -0.05) is 18.2 Å². The Morgan fingerprint density at radius 2 is 1.83 bits per heavy atom. The smallest absolute Gasteiger partial charge is 0.282 e. The minimum atomic E-state index is -3.57. The van der Waals surface area contributed by atoms with E-state index in [0.29, 0.717) is 18.8 Å². The Bertz CT molecular complexity index is 625. The third-order valence-corrected chi connectivity index (χ3v) is 6.21. The summed E-state index contributed by atoms with van der Waals surface area (Å²) in [7, 11) is -0.372. The van der Waals surface area contributed by atoms with E-state index in [1.807, 2.05) is 45.0 Å². The molecule has 0 aliphatic carbocycles. The molecule has 0 spiro atoms. The first-order valence-corrected chi connectivity index (χ1v) is 9.18. The number of benzene rings is 1. The van der Waals surface area contributed by atoms with Crippen LogP contribution in [0.2, 0.25) is 0 Å². The van der Waals surface area contributed by atoms with Crippen LogP contribution in [-0.2, 0) is 14.9 Å². The standard InChI is InChI=1S/C16H26N2O4S/c1-12-10-18(11-13(2)22-12)23(19,20)17(4)14(3)15-8-6-7-9-16(15)21-5/h6-9,12-14H,10-11H2,1-5H3/t12-,13-,14-/m0/s1. The van der Waals surface area contributed by atoms with Crippen LogP contribution in [0.3, 0.4) is 0 Å². The predicted molar refractivity (Wildman–Crippen MR) is 89.7 cm³/mol. The number of hydrogen-bond acceptors (Lipinski definition) is 4. The second-order valence-corrected chi connectivity index (χ2v) is 8.00. The lowest BCUT2D eigenvalue weighted by Crippen LogP contribution is -2.52. The molecule has 1 aromatic carbocycles. The van der Waals surface area contributed by atoms with Crippen molar-refractivity contribution in [3.8, 4) is 5.75 Å². The molecule has 23 heavy (non-hydrogen) atoms. The van der Waals surface area contributed by atoms with E-state index in [-0.39, 0.29) is 18.2 Å². The summed E-state index contributed by atoms with van der Waals surface area (Å²) in [4.78, 5) is 0. The Morgan fingerprint density at radius 3 is 2.39 bits per heavy atom. The molecule has 1 aliphatic rings. The lowest BCUT2D eigenvalue weighted by atomic mass is 10.1. The normalized spacial score (nSPS) is 24.6. The molecule has 0 unspecified atom stereocenters. The SMILES string of the molecule is COc1ccccc1[C@H](C)N(C)S(=O)(=O)N1C[C@H](C)O[C@@H](C)C1. The highest BCUT2D eigenvalue weighted by Gasteiger charge is 2.36. The third kappa shape index (κ3) is 3.85. The van der Waals surface area contributed by atoms with Crippen LogP contribution in [0, 0.1) is 0 Å². The zero-order valence-electron chi connectivity index (χ0n) is 14.4. The third-order valence-electron chi connectivity index (χ3n) is 4.21. The minimum Gasteiger partial charge on any atom is -0.496 e. The predicted octanol–water partition coefficient (Wildman–Crippen LogP) is 2.04. The molecule has 1 saturated heterocycles. The molecule has 7 heteroatoms.